The Morgan fingerprint density at radius 3 is 2.81 bits per heavy atom. The van der Waals surface area contributed by atoms with E-state index in [-0.39, 0.29) is 12.5 Å². The molecule has 2 heterocycles. The number of anilines is 1. The molecule has 6 heteroatoms. The third kappa shape index (κ3) is 3.69. The van der Waals surface area contributed by atoms with E-state index in [1.807, 2.05) is 11.8 Å². The van der Waals surface area contributed by atoms with Gasteiger partial charge in [-0.25, -0.2) is 9.97 Å². The van der Waals surface area contributed by atoms with Crippen molar-refractivity contribution in [3.05, 3.63) is 17.3 Å². The van der Waals surface area contributed by atoms with Gasteiger partial charge in [-0.05, 0) is 25.8 Å². The maximum atomic E-state index is 11.8. The molecule has 0 saturated carbocycles. The zero-order valence-electron chi connectivity index (χ0n) is 12.8. The molecule has 0 saturated heterocycles. The lowest BCUT2D eigenvalue weighted by molar-refractivity contribution is -0.141. The van der Waals surface area contributed by atoms with E-state index in [1.165, 1.54) is 4.88 Å². The number of esters is 1. The maximum Gasteiger partial charge on any atom is 0.325 e. The molecule has 0 bridgehead atoms. The van der Waals surface area contributed by atoms with E-state index >= 15 is 0 Å². The number of fused-ring (bicyclic) bond motifs is 1. The molecule has 0 radical (unpaired) electrons. The topological polar surface area (TPSA) is 55.3 Å². The lowest BCUT2D eigenvalue weighted by Crippen LogP contribution is -2.32. The van der Waals surface area contributed by atoms with Crippen molar-refractivity contribution in [2.45, 2.75) is 33.6 Å². The van der Waals surface area contributed by atoms with Crippen molar-refractivity contribution in [2.24, 2.45) is 0 Å². The number of aromatic nitrogens is 2. The van der Waals surface area contributed by atoms with Crippen molar-refractivity contribution < 1.29 is 9.53 Å². The highest BCUT2D eigenvalue weighted by Gasteiger charge is 2.17. The number of hydrogen-bond donors (Lipinski definition) is 0. The van der Waals surface area contributed by atoms with E-state index in [9.17, 15) is 4.79 Å². The van der Waals surface area contributed by atoms with Crippen molar-refractivity contribution in [3.63, 3.8) is 0 Å². The Labute approximate surface area is 129 Å². The molecule has 0 atom stereocenters. The molecule has 0 aliphatic heterocycles. The van der Waals surface area contributed by atoms with E-state index in [2.05, 4.69) is 29.9 Å². The molecule has 2 rings (SSSR count). The fourth-order valence-electron chi connectivity index (χ4n) is 2.21. The maximum absolute atomic E-state index is 11.8. The monoisotopic (exact) mass is 307 g/mol. The van der Waals surface area contributed by atoms with Crippen molar-refractivity contribution in [3.8, 4) is 0 Å². The highest BCUT2D eigenvalue weighted by molar-refractivity contribution is 7.18. The highest BCUT2D eigenvalue weighted by atomic mass is 32.1. The number of hydrogen-bond acceptors (Lipinski definition) is 6. The van der Waals surface area contributed by atoms with Crippen molar-refractivity contribution in [1.29, 1.82) is 0 Å². The molecular formula is C15H21N3O2S. The second-order valence-electron chi connectivity index (χ2n) is 4.71. The zero-order valence-corrected chi connectivity index (χ0v) is 13.6. The number of carbonyl (C=O) groups excluding carboxylic acids is 1. The van der Waals surface area contributed by atoms with Gasteiger partial charge in [-0.3, -0.25) is 4.79 Å². The van der Waals surface area contributed by atoms with Gasteiger partial charge in [-0.15, -0.1) is 11.3 Å². The first-order chi connectivity index (χ1) is 10.2. The number of ether oxygens (including phenoxy) is 1. The van der Waals surface area contributed by atoms with Crippen LogP contribution in [0.4, 0.5) is 5.82 Å². The van der Waals surface area contributed by atoms with Crippen LogP contribution in [-0.2, 0) is 16.0 Å². The van der Waals surface area contributed by atoms with E-state index in [0.717, 1.165) is 35.4 Å². The molecule has 0 N–H and O–H groups in total. The molecule has 0 aliphatic carbocycles. The van der Waals surface area contributed by atoms with Gasteiger partial charge in [0.15, 0.2) is 0 Å². The van der Waals surface area contributed by atoms with Gasteiger partial charge in [-0.1, -0.05) is 13.8 Å². The summed E-state index contributed by atoms with van der Waals surface area (Å²) in [6, 6.07) is 2.13. The second kappa shape index (κ2) is 7.36. The summed E-state index contributed by atoms with van der Waals surface area (Å²) in [5.74, 6) is 0.606. The Hall–Kier alpha value is -1.69. The molecule has 0 aliphatic rings. The minimum absolute atomic E-state index is 0.219. The van der Waals surface area contributed by atoms with Gasteiger partial charge in [0.2, 0.25) is 0 Å². The SMILES string of the molecule is CCCN(CC(=O)OCC)c1ncnc2sc(CC)cc12. The summed E-state index contributed by atoms with van der Waals surface area (Å²) >= 11 is 1.68. The van der Waals surface area contributed by atoms with Crippen LogP contribution in [0.25, 0.3) is 10.2 Å². The smallest absolute Gasteiger partial charge is 0.325 e. The first kappa shape index (κ1) is 15.7. The lowest BCUT2D eigenvalue weighted by atomic mass is 10.3. The third-order valence-electron chi connectivity index (χ3n) is 3.13. The van der Waals surface area contributed by atoms with Gasteiger partial charge >= 0.3 is 5.97 Å². The summed E-state index contributed by atoms with van der Waals surface area (Å²) in [7, 11) is 0. The van der Waals surface area contributed by atoms with E-state index in [0.29, 0.717) is 6.61 Å². The Bertz CT molecular complexity index is 612. The summed E-state index contributed by atoms with van der Waals surface area (Å²) in [6.07, 6.45) is 3.49. The van der Waals surface area contributed by atoms with E-state index < -0.39 is 0 Å². The van der Waals surface area contributed by atoms with Crippen LogP contribution >= 0.6 is 11.3 Å². The molecule has 0 fully saturated rings. The largest absolute Gasteiger partial charge is 0.465 e. The normalized spacial score (nSPS) is 10.8. The van der Waals surface area contributed by atoms with Crippen LogP contribution in [-0.4, -0.2) is 35.6 Å². The molecule has 114 valence electrons. The van der Waals surface area contributed by atoms with Crippen LogP contribution in [0.3, 0.4) is 0 Å². The molecule has 0 spiro atoms. The second-order valence-corrected chi connectivity index (χ2v) is 5.82. The standard InChI is InChI=1S/C15H21N3O2S/c1-4-7-18(9-13(19)20-6-3)14-12-8-11(5-2)21-15(12)17-10-16-14/h8,10H,4-7,9H2,1-3H3. The number of nitrogens with zero attached hydrogens (tertiary/aromatic N) is 3. The van der Waals surface area contributed by atoms with Gasteiger partial charge in [0.25, 0.3) is 0 Å². The summed E-state index contributed by atoms with van der Waals surface area (Å²) in [4.78, 5) is 24.8. The molecule has 2 aromatic heterocycles. The zero-order chi connectivity index (χ0) is 15.2. The fraction of sp³-hybridized carbons (Fsp3) is 0.533. The van der Waals surface area contributed by atoms with Gasteiger partial charge in [0, 0.05) is 11.4 Å². The summed E-state index contributed by atoms with van der Waals surface area (Å²) in [6.45, 7) is 7.42. The quantitative estimate of drug-likeness (QED) is 0.736. The van der Waals surface area contributed by atoms with E-state index in [1.54, 1.807) is 17.7 Å². The van der Waals surface area contributed by atoms with Crippen molar-refractivity contribution in [2.75, 3.05) is 24.6 Å². The van der Waals surface area contributed by atoms with E-state index in [4.69, 9.17) is 4.74 Å². The number of thiophene rings is 1. The molecule has 0 amide bonds. The number of rotatable bonds is 7. The molecule has 2 aromatic rings. The predicted molar refractivity (Wildman–Crippen MR) is 85.9 cm³/mol. The molecular weight excluding hydrogens is 286 g/mol. The summed E-state index contributed by atoms with van der Waals surface area (Å²) < 4.78 is 5.06. The third-order valence-corrected chi connectivity index (χ3v) is 4.31. The summed E-state index contributed by atoms with van der Waals surface area (Å²) in [5, 5.41) is 1.03. The molecule has 0 aromatic carbocycles. The fourth-order valence-corrected chi connectivity index (χ4v) is 3.14. The van der Waals surface area contributed by atoms with Gasteiger partial charge in [0.1, 0.15) is 23.5 Å². The minimum atomic E-state index is -0.219. The molecule has 5 nitrogen and oxygen atoms in total. The molecule has 21 heavy (non-hydrogen) atoms. The first-order valence-corrected chi connectivity index (χ1v) is 8.15. The number of aryl methyl sites for hydroxylation is 1. The average molecular weight is 307 g/mol. The van der Waals surface area contributed by atoms with Crippen LogP contribution in [0.5, 0.6) is 0 Å². The predicted octanol–water partition coefficient (Wildman–Crippen LogP) is 3.03. The van der Waals surface area contributed by atoms with Crippen molar-refractivity contribution >= 4 is 33.3 Å². The Morgan fingerprint density at radius 2 is 2.14 bits per heavy atom. The van der Waals surface area contributed by atoms with Crippen molar-refractivity contribution in [1.82, 2.24) is 9.97 Å². The lowest BCUT2D eigenvalue weighted by Gasteiger charge is -2.22. The van der Waals surface area contributed by atoms with Crippen LogP contribution in [0.1, 0.15) is 32.1 Å². The average Bonchev–Trinajstić information content (AvgIpc) is 2.90. The summed E-state index contributed by atoms with van der Waals surface area (Å²) in [5.41, 5.74) is 0. The van der Waals surface area contributed by atoms with Crippen LogP contribution < -0.4 is 4.90 Å². The molecule has 0 unspecified atom stereocenters. The van der Waals surface area contributed by atoms with Gasteiger partial charge in [-0.2, -0.15) is 0 Å². The van der Waals surface area contributed by atoms with Crippen LogP contribution in [0.15, 0.2) is 12.4 Å². The van der Waals surface area contributed by atoms with Gasteiger partial charge in [0.05, 0.1) is 12.0 Å². The Kier molecular flexibility index (Phi) is 5.50. The Morgan fingerprint density at radius 1 is 1.33 bits per heavy atom. The van der Waals surface area contributed by atoms with Crippen LogP contribution in [0.2, 0.25) is 0 Å². The Balaban J connectivity index is 2.34. The minimum Gasteiger partial charge on any atom is -0.465 e. The first-order valence-electron chi connectivity index (χ1n) is 7.33. The number of carbonyl (C=O) groups is 1. The highest BCUT2D eigenvalue weighted by Crippen LogP contribution is 2.30. The van der Waals surface area contributed by atoms with Gasteiger partial charge < -0.3 is 9.64 Å². The van der Waals surface area contributed by atoms with Crippen LogP contribution in [0, 0.1) is 0 Å².